The molecule has 1 unspecified atom stereocenters. The normalized spacial score (nSPS) is 11.9. The molecule has 5 nitrogen and oxygen atoms in total. The van der Waals surface area contributed by atoms with E-state index in [-0.39, 0.29) is 6.04 Å². The molecule has 0 saturated carbocycles. The Hall–Kier alpha value is -1.66. The molecule has 1 aromatic carbocycles. The Kier molecular flexibility index (Phi) is 5.31. The van der Waals surface area contributed by atoms with Crippen LogP contribution in [0.3, 0.4) is 0 Å². The standard InChI is InChI=1S/C14H18BrN5/c1-10(16)7-17-13-6-14(20-9-19-13)18-8-11-4-2-3-5-12(11)15/h2-6,9-10H,7-8,16H2,1H3,(H2,17,18,19,20). The zero-order valence-corrected chi connectivity index (χ0v) is 12.9. The van der Waals surface area contributed by atoms with Crippen molar-refractivity contribution in [2.75, 3.05) is 17.2 Å². The van der Waals surface area contributed by atoms with Gasteiger partial charge in [0.25, 0.3) is 0 Å². The van der Waals surface area contributed by atoms with Gasteiger partial charge in [0, 0.05) is 29.7 Å². The number of halogens is 1. The van der Waals surface area contributed by atoms with Gasteiger partial charge in [-0.05, 0) is 18.6 Å². The van der Waals surface area contributed by atoms with E-state index in [4.69, 9.17) is 5.73 Å². The summed E-state index contributed by atoms with van der Waals surface area (Å²) < 4.78 is 1.08. The van der Waals surface area contributed by atoms with Crippen LogP contribution in [0, 0.1) is 0 Å². The van der Waals surface area contributed by atoms with E-state index in [1.807, 2.05) is 31.2 Å². The predicted octanol–water partition coefficient (Wildman–Crippen LogP) is 2.61. The van der Waals surface area contributed by atoms with Gasteiger partial charge >= 0.3 is 0 Å². The number of aromatic nitrogens is 2. The summed E-state index contributed by atoms with van der Waals surface area (Å²) >= 11 is 3.53. The van der Waals surface area contributed by atoms with Crippen LogP contribution in [-0.4, -0.2) is 22.6 Å². The average Bonchev–Trinajstić information content (AvgIpc) is 2.45. The van der Waals surface area contributed by atoms with Crippen LogP contribution in [0.1, 0.15) is 12.5 Å². The zero-order chi connectivity index (χ0) is 14.4. The SMILES string of the molecule is CC(N)CNc1cc(NCc2ccccc2Br)ncn1. The minimum Gasteiger partial charge on any atom is -0.368 e. The van der Waals surface area contributed by atoms with Crippen LogP contribution in [-0.2, 0) is 6.54 Å². The molecule has 0 aliphatic rings. The fraction of sp³-hybridized carbons (Fsp3) is 0.286. The molecule has 1 aromatic heterocycles. The number of nitrogens with one attached hydrogen (secondary N) is 2. The Morgan fingerprint density at radius 2 is 1.90 bits per heavy atom. The van der Waals surface area contributed by atoms with Gasteiger partial charge in [-0.3, -0.25) is 0 Å². The topological polar surface area (TPSA) is 75.9 Å². The summed E-state index contributed by atoms with van der Waals surface area (Å²) in [7, 11) is 0. The third-order valence-electron chi connectivity index (χ3n) is 2.69. The summed E-state index contributed by atoms with van der Waals surface area (Å²) in [5, 5.41) is 6.45. The Balaban J connectivity index is 1.96. The van der Waals surface area contributed by atoms with Crippen LogP contribution >= 0.6 is 15.9 Å². The molecule has 1 atom stereocenters. The van der Waals surface area contributed by atoms with Crippen LogP contribution in [0.4, 0.5) is 11.6 Å². The Labute approximate surface area is 127 Å². The highest BCUT2D eigenvalue weighted by Gasteiger charge is 2.02. The van der Waals surface area contributed by atoms with Crippen molar-refractivity contribution in [3.8, 4) is 0 Å². The van der Waals surface area contributed by atoms with Crippen molar-refractivity contribution in [1.29, 1.82) is 0 Å². The number of nitrogens with zero attached hydrogens (tertiary/aromatic N) is 2. The van der Waals surface area contributed by atoms with Crippen molar-refractivity contribution in [1.82, 2.24) is 9.97 Å². The second-order valence-electron chi connectivity index (χ2n) is 4.59. The van der Waals surface area contributed by atoms with E-state index >= 15 is 0 Å². The molecule has 0 radical (unpaired) electrons. The zero-order valence-electron chi connectivity index (χ0n) is 11.3. The first-order valence-corrected chi connectivity index (χ1v) is 7.23. The fourth-order valence-electron chi connectivity index (χ4n) is 1.64. The molecule has 0 spiro atoms. The van der Waals surface area contributed by atoms with Crippen LogP contribution in [0.2, 0.25) is 0 Å². The molecule has 6 heteroatoms. The van der Waals surface area contributed by atoms with Crippen molar-refractivity contribution in [3.05, 3.63) is 46.7 Å². The van der Waals surface area contributed by atoms with Gasteiger partial charge in [0.15, 0.2) is 0 Å². The maximum absolute atomic E-state index is 5.70. The smallest absolute Gasteiger partial charge is 0.131 e. The summed E-state index contributed by atoms with van der Waals surface area (Å²) in [6.07, 6.45) is 1.53. The summed E-state index contributed by atoms with van der Waals surface area (Å²) in [6.45, 7) is 3.33. The molecule has 0 amide bonds. The lowest BCUT2D eigenvalue weighted by Crippen LogP contribution is -2.25. The second kappa shape index (κ2) is 7.21. The number of hydrogen-bond acceptors (Lipinski definition) is 5. The molecule has 0 saturated heterocycles. The van der Waals surface area contributed by atoms with Crippen LogP contribution in [0.5, 0.6) is 0 Å². The molecule has 4 N–H and O–H groups in total. The van der Waals surface area contributed by atoms with Gasteiger partial charge < -0.3 is 16.4 Å². The Morgan fingerprint density at radius 3 is 2.60 bits per heavy atom. The number of hydrogen-bond donors (Lipinski definition) is 3. The number of benzene rings is 1. The van der Waals surface area contributed by atoms with E-state index in [0.717, 1.165) is 16.1 Å². The van der Waals surface area contributed by atoms with Gasteiger partial charge in [0.2, 0.25) is 0 Å². The fourth-order valence-corrected chi connectivity index (χ4v) is 2.07. The highest BCUT2D eigenvalue weighted by atomic mass is 79.9. The number of nitrogens with two attached hydrogens (primary N) is 1. The van der Waals surface area contributed by atoms with Crippen molar-refractivity contribution < 1.29 is 0 Å². The number of rotatable bonds is 6. The highest BCUT2D eigenvalue weighted by Crippen LogP contribution is 2.17. The monoisotopic (exact) mass is 335 g/mol. The van der Waals surface area contributed by atoms with Gasteiger partial charge in [0.1, 0.15) is 18.0 Å². The lowest BCUT2D eigenvalue weighted by Gasteiger charge is -2.10. The van der Waals surface area contributed by atoms with Gasteiger partial charge in [-0.2, -0.15) is 0 Å². The Bertz CT molecular complexity index is 559. The van der Waals surface area contributed by atoms with Crippen molar-refractivity contribution >= 4 is 27.6 Å². The Morgan fingerprint density at radius 1 is 1.20 bits per heavy atom. The molecule has 1 heterocycles. The molecule has 0 bridgehead atoms. The average molecular weight is 336 g/mol. The highest BCUT2D eigenvalue weighted by molar-refractivity contribution is 9.10. The van der Waals surface area contributed by atoms with E-state index in [1.165, 1.54) is 11.9 Å². The minimum absolute atomic E-state index is 0.0849. The van der Waals surface area contributed by atoms with E-state index in [2.05, 4.69) is 42.6 Å². The minimum atomic E-state index is 0.0849. The lowest BCUT2D eigenvalue weighted by atomic mass is 10.2. The van der Waals surface area contributed by atoms with E-state index < -0.39 is 0 Å². The largest absolute Gasteiger partial charge is 0.368 e. The van der Waals surface area contributed by atoms with Gasteiger partial charge in [-0.15, -0.1) is 0 Å². The molecule has 0 aliphatic carbocycles. The van der Waals surface area contributed by atoms with Crippen molar-refractivity contribution in [3.63, 3.8) is 0 Å². The van der Waals surface area contributed by atoms with Crippen molar-refractivity contribution in [2.24, 2.45) is 5.73 Å². The van der Waals surface area contributed by atoms with Crippen molar-refractivity contribution in [2.45, 2.75) is 19.5 Å². The molecule has 2 aromatic rings. The summed E-state index contributed by atoms with van der Waals surface area (Å²) in [6, 6.07) is 10.0. The second-order valence-corrected chi connectivity index (χ2v) is 5.45. The van der Waals surface area contributed by atoms with E-state index in [1.54, 1.807) is 0 Å². The molecule has 0 fully saturated rings. The third-order valence-corrected chi connectivity index (χ3v) is 3.46. The summed E-state index contributed by atoms with van der Waals surface area (Å²) in [4.78, 5) is 8.36. The van der Waals surface area contributed by atoms with E-state index in [9.17, 15) is 0 Å². The molecule has 2 rings (SSSR count). The molecular weight excluding hydrogens is 318 g/mol. The first-order valence-electron chi connectivity index (χ1n) is 6.44. The maximum Gasteiger partial charge on any atom is 0.131 e. The third kappa shape index (κ3) is 4.47. The predicted molar refractivity (Wildman–Crippen MR) is 85.6 cm³/mol. The van der Waals surface area contributed by atoms with Gasteiger partial charge in [0.05, 0.1) is 0 Å². The molecule has 20 heavy (non-hydrogen) atoms. The summed E-state index contributed by atoms with van der Waals surface area (Å²) in [5.41, 5.74) is 6.88. The van der Waals surface area contributed by atoms with Crippen LogP contribution in [0.15, 0.2) is 41.1 Å². The number of anilines is 2. The molecule has 106 valence electrons. The maximum atomic E-state index is 5.70. The lowest BCUT2D eigenvalue weighted by molar-refractivity contribution is 0.777. The first kappa shape index (κ1) is 14.7. The first-order chi connectivity index (χ1) is 9.65. The van der Waals surface area contributed by atoms with Gasteiger partial charge in [-0.25, -0.2) is 9.97 Å². The summed E-state index contributed by atoms with van der Waals surface area (Å²) in [5.74, 6) is 1.55. The quantitative estimate of drug-likeness (QED) is 0.756. The molecule has 0 aliphatic heterocycles. The van der Waals surface area contributed by atoms with Crippen LogP contribution < -0.4 is 16.4 Å². The molecular formula is C14H18BrN5. The van der Waals surface area contributed by atoms with E-state index in [0.29, 0.717) is 13.1 Å². The van der Waals surface area contributed by atoms with Gasteiger partial charge in [-0.1, -0.05) is 34.1 Å². The van der Waals surface area contributed by atoms with Crippen LogP contribution in [0.25, 0.3) is 0 Å².